The van der Waals surface area contributed by atoms with E-state index in [1.54, 1.807) is 0 Å². The van der Waals surface area contributed by atoms with Gasteiger partial charge in [-0.1, -0.05) is 24.3 Å². The molecule has 1 heterocycles. The van der Waals surface area contributed by atoms with Crippen molar-refractivity contribution >= 4 is 0 Å². The molecule has 0 amide bonds. The minimum absolute atomic E-state index is 0.0737. The number of nitrogens with one attached hydrogen (secondary N) is 1. The molecule has 2 unspecified atom stereocenters. The standard InChI is InChI=1S/C13H18FN/c1-10-5-2-3-6-11(10)9-12(14)13-7-4-8-15-13/h2-3,5-6,12-13,15H,4,7-9H2,1H3. The van der Waals surface area contributed by atoms with Gasteiger partial charge in [-0.15, -0.1) is 0 Å². The number of hydrogen-bond acceptors (Lipinski definition) is 1. The first-order chi connectivity index (χ1) is 7.27. The summed E-state index contributed by atoms with van der Waals surface area (Å²) in [5.41, 5.74) is 2.33. The molecule has 2 atom stereocenters. The van der Waals surface area contributed by atoms with Crippen LogP contribution >= 0.6 is 0 Å². The highest BCUT2D eigenvalue weighted by atomic mass is 19.1. The number of hydrogen-bond donors (Lipinski definition) is 1. The minimum Gasteiger partial charge on any atom is -0.311 e. The third-order valence-corrected chi connectivity index (χ3v) is 3.21. The molecule has 0 spiro atoms. The van der Waals surface area contributed by atoms with Crippen molar-refractivity contribution in [2.24, 2.45) is 0 Å². The van der Waals surface area contributed by atoms with Crippen LogP contribution in [0.1, 0.15) is 24.0 Å². The zero-order valence-corrected chi connectivity index (χ0v) is 9.17. The molecule has 0 aromatic heterocycles. The topological polar surface area (TPSA) is 12.0 Å². The van der Waals surface area contributed by atoms with Gasteiger partial charge >= 0.3 is 0 Å². The molecule has 1 nitrogen and oxygen atoms in total. The molecule has 2 rings (SSSR count). The quantitative estimate of drug-likeness (QED) is 0.803. The zero-order chi connectivity index (χ0) is 10.7. The van der Waals surface area contributed by atoms with Crippen molar-refractivity contribution in [1.82, 2.24) is 5.32 Å². The lowest BCUT2D eigenvalue weighted by Gasteiger charge is -2.16. The van der Waals surface area contributed by atoms with E-state index in [1.165, 1.54) is 5.56 Å². The van der Waals surface area contributed by atoms with Gasteiger partial charge in [-0.25, -0.2) is 4.39 Å². The van der Waals surface area contributed by atoms with Gasteiger partial charge in [0.15, 0.2) is 0 Å². The van der Waals surface area contributed by atoms with Crippen molar-refractivity contribution in [3.05, 3.63) is 35.4 Å². The second-order valence-electron chi connectivity index (χ2n) is 4.35. The summed E-state index contributed by atoms with van der Waals surface area (Å²) < 4.78 is 13.9. The third kappa shape index (κ3) is 2.57. The predicted octanol–water partition coefficient (Wildman–Crippen LogP) is 2.63. The smallest absolute Gasteiger partial charge is 0.119 e. The zero-order valence-electron chi connectivity index (χ0n) is 9.17. The Hall–Kier alpha value is -0.890. The molecular weight excluding hydrogens is 189 g/mol. The Balaban J connectivity index is 1.99. The van der Waals surface area contributed by atoms with Crippen LogP contribution in [-0.4, -0.2) is 18.8 Å². The Bertz CT molecular complexity index is 318. The van der Waals surface area contributed by atoms with Crippen LogP contribution in [0.15, 0.2) is 24.3 Å². The van der Waals surface area contributed by atoms with Crippen molar-refractivity contribution in [2.75, 3.05) is 6.54 Å². The van der Waals surface area contributed by atoms with Crippen molar-refractivity contribution in [1.29, 1.82) is 0 Å². The monoisotopic (exact) mass is 207 g/mol. The van der Waals surface area contributed by atoms with Crippen LogP contribution in [0.25, 0.3) is 0 Å². The molecule has 82 valence electrons. The van der Waals surface area contributed by atoms with Crippen molar-refractivity contribution in [3.8, 4) is 0 Å². The van der Waals surface area contributed by atoms with E-state index >= 15 is 0 Å². The van der Waals surface area contributed by atoms with E-state index in [9.17, 15) is 4.39 Å². The Kier molecular flexibility index (Phi) is 3.37. The Morgan fingerprint density at radius 2 is 2.27 bits per heavy atom. The maximum Gasteiger partial charge on any atom is 0.119 e. The molecule has 1 aromatic carbocycles. The van der Waals surface area contributed by atoms with Crippen LogP contribution < -0.4 is 5.32 Å². The first-order valence-electron chi connectivity index (χ1n) is 5.69. The number of rotatable bonds is 3. The molecule has 0 saturated carbocycles. The van der Waals surface area contributed by atoms with Crippen LogP contribution in [0.5, 0.6) is 0 Å². The lowest BCUT2D eigenvalue weighted by Crippen LogP contribution is -2.33. The van der Waals surface area contributed by atoms with Crippen LogP contribution in [-0.2, 0) is 6.42 Å². The maximum atomic E-state index is 13.9. The molecule has 15 heavy (non-hydrogen) atoms. The highest BCUT2D eigenvalue weighted by Crippen LogP contribution is 2.18. The summed E-state index contributed by atoms with van der Waals surface area (Å²) in [5.74, 6) is 0. The fourth-order valence-electron chi connectivity index (χ4n) is 2.21. The van der Waals surface area contributed by atoms with Crippen molar-refractivity contribution in [3.63, 3.8) is 0 Å². The minimum atomic E-state index is -0.742. The Morgan fingerprint density at radius 1 is 1.47 bits per heavy atom. The summed E-state index contributed by atoms with van der Waals surface area (Å²) in [6, 6.07) is 8.13. The molecule has 1 N–H and O–H groups in total. The lowest BCUT2D eigenvalue weighted by atomic mass is 9.99. The largest absolute Gasteiger partial charge is 0.311 e. The summed E-state index contributed by atoms with van der Waals surface area (Å²) in [4.78, 5) is 0. The van der Waals surface area contributed by atoms with Gasteiger partial charge in [-0.3, -0.25) is 0 Å². The fourth-order valence-corrected chi connectivity index (χ4v) is 2.21. The molecule has 1 aliphatic rings. The predicted molar refractivity (Wildman–Crippen MR) is 60.8 cm³/mol. The molecular formula is C13H18FN. The first kappa shape index (κ1) is 10.6. The number of halogens is 1. The van der Waals surface area contributed by atoms with Crippen molar-refractivity contribution in [2.45, 2.75) is 38.4 Å². The Morgan fingerprint density at radius 3 is 2.93 bits per heavy atom. The highest BCUT2D eigenvalue weighted by Gasteiger charge is 2.24. The van der Waals surface area contributed by atoms with Gasteiger partial charge in [0, 0.05) is 12.5 Å². The molecule has 2 heteroatoms. The van der Waals surface area contributed by atoms with Crippen LogP contribution in [0.3, 0.4) is 0 Å². The SMILES string of the molecule is Cc1ccccc1CC(F)C1CCCN1. The second kappa shape index (κ2) is 4.75. The molecule has 1 aliphatic heterocycles. The summed E-state index contributed by atoms with van der Waals surface area (Å²) in [6.07, 6.45) is 1.89. The van der Waals surface area contributed by atoms with Crippen LogP contribution in [0.2, 0.25) is 0 Å². The van der Waals surface area contributed by atoms with Gasteiger partial charge < -0.3 is 5.32 Å². The molecule has 0 radical (unpaired) electrons. The molecule has 0 bridgehead atoms. The summed E-state index contributed by atoms with van der Waals surface area (Å²) in [7, 11) is 0. The average Bonchev–Trinajstić information content (AvgIpc) is 2.74. The lowest BCUT2D eigenvalue weighted by molar-refractivity contribution is 0.263. The molecule has 1 saturated heterocycles. The maximum absolute atomic E-state index is 13.9. The van der Waals surface area contributed by atoms with E-state index in [1.807, 2.05) is 31.2 Å². The van der Waals surface area contributed by atoms with E-state index in [0.29, 0.717) is 6.42 Å². The number of benzene rings is 1. The molecule has 1 fully saturated rings. The van der Waals surface area contributed by atoms with Gasteiger partial charge in [0.2, 0.25) is 0 Å². The number of alkyl halides is 1. The van der Waals surface area contributed by atoms with Gasteiger partial charge in [-0.2, -0.15) is 0 Å². The van der Waals surface area contributed by atoms with E-state index in [2.05, 4.69) is 5.32 Å². The summed E-state index contributed by atoms with van der Waals surface area (Å²) in [5, 5.41) is 3.22. The van der Waals surface area contributed by atoms with E-state index in [4.69, 9.17) is 0 Å². The van der Waals surface area contributed by atoms with Gasteiger partial charge in [0.05, 0.1) is 0 Å². The first-order valence-corrected chi connectivity index (χ1v) is 5.69. The van der Waals surface area contributed by atoms with Crippen LogP contribution in [0.4, 0.5) is 4.39 Å². The van der Waals surface area contributed by atoms with E-state index in [-0.39, 0.29) is 6.04 Å². The van der Waals surface area contributed by atoms with E-state index < -0.39 is 6.17 Å². The highest BCUT2D eigenvalue weighted by molar-refractivity contribution is 5.26. The van der Waals surface area contributed by atoms with Crippen LogP contribution in [0, 0.1) is 6.92 Å². The Labute approximate surface area is 90.7 Å². The average molecular weight is 207 g/mol. The molecule has 0 aliphatic carbocycles. The summed E-state index contributed by atoms with van der Waals surface area (Å²) >= 11 is 0. The van der Waals surface area contributed by atoms with Gasteiger partial charge in [-0.05, 0) is 37.4 Å². The van der Waals surface area contributed by atoms with Gasteiger partial charge in [0.1, 0.15) is 6.17 Å². The normalized spacial score (nSPS) is 22.9. The summed E-state index contributed by atoms with van der Waals surface area (Å²) in [6.45, 7) is 3.02. The van der Waals surface area contributed by atoms with Gasteiger partial charge in [0.25, 0.3) is 0 Å². The third-order valence-electron chi connectivity index (χ3n) is 3.21. The fraction of sp³-hybridized carbons (Fsp3) is 0.538. The van der Waals surface area contributed by atoms with E-state index in [0.717, 1.165) is 24.9 Å². The second-order valence-corrected chi connectivity index (χ2v) is 4.35. The van der Waals surface area contributed by atoms with Crippen molar-refractivity contribution < 1.29 is 4.39 Å². The number of aryl methyl sites for hydroxylation is 1. The molecule has 1 aromatic rings.